The topological polar surface area (TPSA) is 82.7 Å². The van der Waals surface area contributed by atoms with Gasteiger partial charge in [-0.2, -0.15) is 4.31 Å². The molecule has 2 aliphatic rings. The summed E-state index contributed by atoms with van der Waals surface area (Å²) in [5.41, 5.74) is 3.83. The molecule has 5 rings (SSSR count). The Kier molecular flexibility index (Phi) is 5.72. The number of amides is 1. The van der Waals surface area contributed by atoms with Crippen molar-refractivity contribution >= 4 is 32.4 Å². The van der Waals surface area contributed by atoms with E-state index < -0.39 is 10.0 Å². The molecular formula is C25H27N3O4S. The number of methoxy groups -OCH3 is 1. The van der Waals surface area contributed by atoms with E-state index in [1.165, 1.54) is 34.0 Å². The number of nitrogens with one attached hydrogen (secondary N) is 1. The van der Waals surface area contributed by atoms with Crippen molar-refractivity contribution in [3.63, 3.8) is 0 Å². The molecule has 2 aromatic carbocycles. The van der Waals surface area contributed by atoms with E-state index in [9.17, 15) is 13.2 Å². The standard InChI is InChI=1S/C25H27N3O4S/c1-32-23-9-8-19(16-24(23)33(30,31)28-12-4-5-13-28)25(29)27-14-10-18(11-15-27)21-17-26-22-7-3-2-6-20(21)22/h2-3,6-10,16-17,26H,4-5,11-15H2,1H3. The number of sulfonamides is 1. The Morgan fingerprint density at radius 2 is 1.85 bits per heavy atom. The molecular weight excluding hydrogens is 438 g/mol. The van der Waals surface area contributed by atoms with Crippen LogP contribution in [0.5, 0.6) is 5.75 Å². The number of ether oxygens (including phenoxy) is 1. The third-order valence-corrected chi connectivity index (χ3v) is 8.44. The summed E-state index contributed by atoms with van der Waals surface area (Å²) in [6.07, 6.45) is 6.54. The molecule has 8 heteroatoms. The van der Waals surface area contributed by atoms with Crippen LogP contribution in [0.2, 0.25) is 0 Å². The minimum Gasteiger partial charge on any atom is -0.495 e. The highest BCUT2D eigenvalue weighted by Crippen LogP contribution is 2.32. The van der Waals surface area contributed by atoms with Crippen molar-refractivity contribution < 1.29 is 17.9 Å². The second-order valence-corrected chi connectivity index (χ2v) is 10.4. The molecule has 33 heavy (non-hydrogen) atoms. The lowest BCUT2D eigenvalue weighted by Gasteiger charge is -2.27. The molecule has 0 unspecified atom stereocenters. The molecule has 0 bridgehead atoms. The van der Waals surface area contributed by atoms with Gasteiger partial charge in [0.15, 0.2) is 0 Å². The summed E-state index contributed by atoms with van der Waals surface area (Å²) in [7, 11) is -2.26. The highest BCUT2D eigenvalue weighted by molar-refractivity contribution is 7.89. The summed E-state index contributed by atoms with van der Waals surface area (Å²) >= 11 is 0. The first-order valence-corrected chi connectivity index (χ1v) is 12.7. The Morgan fingerprint density at radius 3 is 2.58 bits per heavy atom. The van der Waals surface area contributed by atoms with Gasteiger partial charge in [-0.1, -0.05) is 24.3 Å². The molecule has 7 nitrogen and oxygen atoms in total. The van der Waals surface area contributed by atoms with E-state index in [2.05, 4.69) is 23.2 Å². The Balaban J connectivity index is 1.39. The minimum atomic E-state index is -3.71. The van der Waals surface area contributed by atoms with Gasteiger partial charge >= 0.3 is 0 Å². The third-order valence-electron chi connectivity index (χ3n) is 6.52. The van der Waals surface area contributed by atoms with Crippen molar-refractivity contribution in [1.29, 1.82) is 0 Å². The lowest BCUT2D eigenvalue weighted by atomic mass is 9.98. The SMILES string of the molecule is COc1ccc(C(=O)N2CC=C(c3c[nH]c4ccccc34)CC2)cc1S(=O)(=O)N1CCCC1. The van der Waals surface area contributed by atoms with Gasteiger partial charge in [0.1, 0.15) is 10.6 Å². The van der Waals surface area contributed by atoms with Gasteiger partial charge in [0.25, 0.3) is 5.91 Å². The van der Waals surface area contributed by atoms with Gasteiger partial charge in [0.05, 0.1) is 7.11 Å². The van der Waals surface area contributed by atoms with Crippen LogP contribution in [0, 0.1) is 0 Å². The molecule has 172 valence electrons. The molecule has 1 N–H and O–H groups in total. The fourth-order valence-electron chi connectivity index (χ4n) is 4.70. The second kappa shape index (κ2) is 8.68. The second-order valence-electron chi connectivity index (χ2n) is 8.46. The molecule has 0 radical (unpaired) electrons. The summed E-state index contributed by atoms with van der Waals surface area (Å²) in [4.78, 5) is 18.4. The number of fused-ring (bicyclic) bond motifs is 1. The van der Waals surface area contributed by atoms with Gasteiger partial charge in [-0.15, -0.1) is 0 Å². The molecule has 0 atom stereocenters. The number of hydrogen-bond donors (Lipinski definition) is 1. The number of rotatable bonds is 5. The van der Waals surface area contributed by atoms with E-state index in [-0.39, 0.29) is 16.6 Å². The normalized spacial score (nSPS) is 17.4. The average Bonchev–Trinajstić information content (AvgIpc) is 3.54. The quantitative estimate of drug-likeness (QED) is 0.620. The third kappa shape index (κ3) is 3.94. The summed E-state index contributed by atoms with van der Waals surface area (Å²) in [6.45, 7) is 2.05. The first kappa shape index (κ1) is 21.7. The monoisotopic (exact) mass is 465 g/mol. The number of carbonyl (C=O) groups excluding carboxylic acids is 1. The van der Waals surface area contributed by atoms with Gasteiger partial charge in [0.2, 0.25) is 10.0 Å². The van der Waals surface area contributed by atoms with E-state index in [1.807, 2.05) is 18.3 Å². The Hall–Kier alpha value is -3.10. The number of hydrogen-bond acceptors (Lipinski definition) is 4. The van der Waals surface area contributed by atoms with Gasteiger partial charge in [-0.25, -0.2) is 8.42 Å². The van der Waals surface area contributed by atoms with E-state index in [0.717, 1.165) is 24.8 Å². The maximum Gasteiger partial charge on any atom is 0.254 e. The van der Waals surface area contributed by atoms with Crippen molar-refractivity contribution in [1.82, 2.24) is 14.2 Å². The van der Waals surface area contributed by atoms with Gasteiger partial charge in [-0.3, -0.25) is 4.79 Å². The number of aromatic nitrogens is 1. The molecule has 0 aliphatic carbocycles. The number of benzene rings is 2. The predicted octanol–water partition coefficient (Wildman–Crippen LogP) is 3.89. The zero-order valence-electron chi connectivity index (χ0n) is 18.6. The number of para-hydroxylation sites is 1. The van der Waals surface area contributed by atoms with Crippen molar-refractivity contribution in [3.8, 4) is 5.75 Å². The molecule has 1 saturated heterocycles. The van der Waals surface area contributed by atoms with Crippen LogP contribution in [0.15, 0.2) is 59.6 Å². The molecule has 2 aliphatic heterocycles. The van der Waals surface area contributed by atoms with E-state index in [4.69, 9.17) is 4.74 Å². The van der Waals surface area contributed by atoms with Crippen LogP contribution in [0.3, 0.4) is 0 Å². The van der Waals surface area contributed by atoms with Crippen LogP contribution < -0.4 is 4.74 Å². The van der Waals surface area contributed by atoms with E-state index in [1.54, 1.807) is 17.0 Å². The molecule has 1 fully saturated rings. The van der Waals surface area contributed by atoms with Gasteiger partial charge < -0.3 is 14.6 Å². The highest BCUT2D eigenvalue weighted by atomic mass is 32.2. The molecule has 0 spiro atoms. The smallest absolute Gasteiger partial charge is 0.254 e. The summed E-state index contributed by atoms with van der Waals surface area (Å²) in [5.74, 6) is 0.0864. The van der Waals surface area contributed by atoms with Crippen LogP contribution in [0.1, 0.15) is 35.2 Å². The first-order chi connectivity index (χ1) is 16.0. The fraction of sp³-hybridized carbons (Fsp3) is 0.320. The summed E-state index contributed by atoms with van der Waals surface area (Å²) in [6, 6.07) is 12.9. The number of carbonyl (C=O) groups is 1. The van der Waals surface area contributed by atoms with Crippen molar-refractivity contribution in [3.05, 3.63) is 65.9 Å². The highest BCUT2D eigenvalue weighted by Gasteiger charge is 2.31. The lowest BCUT2D eigenvalue weighted by molar-refractivity contribution is 0.0772. The maximum absolute atomic E-state index is 13.2. The largest absolute Gasteiger partial charge is 0.495 e. The summed E-state index contributed by atoms with van der Waals surface area (Å²) in [5, 5.41) is 1.18. The molecule has 3 aromatic rings. The lowest BCUT2D eigenvalue weighted by Crippen LogP contribution is -2.35. The molecule has 1 aromatic heterocycles. The molecule has 1 amide bonds. The zero-order valence-corrected chi connectivity index (χ0v) is 19.4. The van der Waals surface area contributed by atoms with E-state index in [0.29, 0.717) is 31.7 Å². The van der Waals surface area contributed by atoms with Crippen LogP contribution >= 0.6 is 0 Å². The Morgan fingerprint density at radius 1 is 1.06 bits per heavy atom. The van der Waals surface area contributed by atoms with Crippen LogP contribution in [-0.2, 0) is 10.0 Å². The molecule has 0 saturated carbocycles. The molecule has 3 heterocycles. The number of H-pyrrole nitrogens is 1. The predicted molar refractivity (Wildman–Crippen MR) is 128 cm³/mol. The zero-order chi connectivity index (χ0) is 23.0. The van der Waals surface area contributed by atoms with Crippen molar-refractivity contribution in [2.75, 3.05) is 33.3 Å². The van der Waals surface area contributed by atoms with Crippen LogP contribution in [-0.4, -0.2) is 61.8 Å². The van der Waals surface area contributed by atoms with E-state index >= 15 is 0 Å². The minimum absolute atomic E-state index is 0.0600. The summed E-state index contributed by atoms with van der Waals surface area (Å²) < 4.78 is 33.1. The number of nitrogens with zero attached hydrogens (tertiary/aromatic N) is 2. The van der Waals surface area contributed by atoms with Crippen molar-refractivity contribution in [2.45, 2.75) is 24.2 Å². The maximum atomic E-state index is 13.2. The average molecular weight is 466 g/mol. The Bertz CT molecular complexity index is 1340. The number of aromatic amines is 1. The first-order valence-electron chi connectivity index (χ1n) is 11.2. The fourth-order valence-corrected chi connectivity index (χ4v) is 6.40. The van der Waals surface area contributed by atoms with Gasteiger partial charge in [0, 0.05) is 54.4 Å². The van der Waals surface area contributed by atoms with Gasteiger partial charge in [-0.05, 0) is 49.1 Å². The van der Waals surface area contributed by atoms with Crippen LogP contribution in [0.25, 0.3) is 16.5 Å². The van der Waals surface area contributed by atoms with Crippen molar-refractivity contribution in [2.24, 2.45) is 0 Å². The van der Waals surface area contributed by atoms with Crippen LogP contribution in [0.4, 0.5) is 0 Å². The Labute approximate surface area is 193 Å².